The molecule has 1 heterocycles. The van der Waals surface area contributed by atoms with E-state index in [-0.39, 0.29) is 24.0 Å². The van der Waals surface area contributed by atoms with Crippen molar-refractivity contribution < 1.29 is 34.1 Å². The molecule has 0 saturated carbocycles. The molecule has 11 N–H and O–H groups in total. The van der Waals surface area contributed by atoms with E-state index in [4.69, 9.17) is 33.4 Å². The Morgan fingerprint density at radius 2 is 0.989 bits per heavy atom. The van der Waals surface area contributed by atoms with E-state index in [0.29, 0.717) is 6.04 Å². The minimum absolute atomic E-state index is 0. The predicted molar refractivity (Wildman–Crippen MR) is 426 cm³/mol. The van der Waals surface area contributed by atoms with Gasteiger partial charge in [-0.1, -0.05) is 293 Å². The number of rotatable bonds is 37. The minimum atomic E-state index is -1.24. The zero-order valence-electron chi connectivity index (χ0n) is 61.5. The minimum Gasteiger partial charge on any atom is -1.00 e. The molecule has 514 valence electrons. The van der Waals surface area contributed by atoms with Crippen molar-refractivity contribution in [3.05, 3.63) is 65.0 Å². The fourth-order valence-corrected chi connectivity index (χ4v) is 31.3. The van der Waals surface area contributed by atoms with Crippen LogP contribution in [0, 0.1) is 6.92 Å². The van der Waals surface area contributed by atoms with Crippen LogP contribution >= 0.6 is 46.0 Å². The zero-order valence-corrected chi connectivity index (χ0v) is 73.4. The molecule has 1 unspecified atom stereocenters. The molecular formula is C70H147ClI2N6OSSi6. The van der Waals surface area contributed by atoms with Gasteiger partial charge >= 0.3 is 0 Å². The number of nitrogens with two attached hydrogens (primary N) is 3. The second-order valence-corrected chi connectivity index (χ2v) is 63.9. The summed E-state index contributed by atoms with van der Waals surface area (Å²) < 4.78 is 10.2. The lowest BCUT2D eigenvalue weighted by Gasteiger charge is -2.43. The summed E-state index contributed by atoms with van der Waals surface area (Å²) in [5.41, 5.74) is 28.4. The maximum absolute atomic E-state index is 5.89. The van der Waals surface area contributed by atoms with Gasteiger partial charge in [0.15, 0.2) is 8.32 Å². The third-order valence-electron chi connectivity index (χ3n) is 17.6. The van der Waals surface area contributed by atoms with Crippen molar-refractivity contribution in [2.45, 2.75) is 322 Å². The van der Waals surface area contributed by atoms with Crippen LogP contribution in [0.25, 0.3) is 11.1 Å². The number of benzene rings is 2. The van der Waals surface area contributed by atoms with Gasteiger partial charge in [-0.05, 0) is 111 Å². The number of unbranched alkanes of at least 4 members (excludes halogenated alkanes) is 9. The van der Waals surface area contributed by atoms with Crippen molar-refractivity contribution in [2.24, 2.45) is 17.2 Å². The van der Waals surface area contributed by atoms with Gasteiger partial charge in [0.25, 0.3) is 0 Å². The molecule has 0 aliphatic heterocycles. The summed E-state index contributed by atoms with van der Waals surface area (Å²) in [6, 6.07) is 30.2. The average Bonchev–Trinajstić information content (AvgIpc) is 3.26. The molecular weight excluding hydrogens is 1430 g/mol. The number of thiophene rings is 1. The van der Waals surface area contributed by atoms with Crippen molar-refractivity contribution >= 4 is 110 Å². The lowest BCUT2D eigenvalue weighted by atomic mass is 10.1. The number of aryl methyl sites for hydroxylation is 1. The van der Waals surface area contributed by atoms with Gasteiger partial charge in [-0.3, -0.25) is 8.37 Å². The number of hydrogen-bond acceptors (Lipinski definition) is 7. The van der Waals surface area contributed by atoms with Crippen molar-refractivity contribution in [3.8, 4) is 11.1 Å². The summed E-state index contributed by atoms with van der Waals surface area (Å²) in [4.78, 5) is 4.10. The van der Waals surface area contributed by atoms with Crippen LogP contribution in [-0.2, 0) is 11.0 Å². The monoisotopic (exact) mass is 1580 g/mol. The molecule has 1 atom stereocenters. The topological polar surface area (TPSA) is 139 Å². The molecule has 17 heteroatoms. The number of quaternary nitrogens is 1. The van der Waals surface area contributed by atoms with E-state index in [1.165, 1.54) is 154 Å². The van der Waals surface area contributed by atoms with Crippen molar-refractivity contribution in [3.63, 3.8) is 0 Å². The summed E-state index contributed by atoms with van der Waals surface area (Å²) in [6.45, 7) is 55.5. The molecule has 0 radical (unpaired) electrons. The lowest BCUT2D eigenvalue weighted by Crippen LogP contribution is -3.00. The Bertz CT molecular complexity index is 1980. The highest BCUT2D eigenvalue weighted by atomic mass is 127. The van der Waals surface area contributed by atoms with E-state index in [1.807, 2.05) is 30.6 Å². The Hall–Kier alpha value is 0.751. The van der Waals surface area contributed by atoms with E-state index in [1.54, 1.807) is 22.6 Å². The molecule has 3 aromatic rings. The van der Waals surface area contributed by atoms with Crippen molar-refractivity contribution in [1.82, 2.24) is 3.53 Å². The first kappa shape index (κ1) is 94.2. The molecule has 0 bridgehead atoms. The molecule has 2 aromatic carbocycles. The van der Waals surface area contributed by atoms with Gasteiger partial charge in [0.2, 0.25) is 0 Å². The van der Waals surface area contributed by atoms with E-state index in [9.17, 15) is 0 Å². The molecule has 1 aromatic heterocycles. The van der Waals surface area contributed by atoms with Crippen LogP contribution in [0.3, 0.4) is 0 Å². The third-order valence-corrected chi connectivity index (χ3v) is 42.9. The highest BCUT2D eigenvalue weighted by Crippen LogP contribution is 2.45. The van der Waals surface area contributed by atoms with Crippen LogP contribution in [-0.4, -0.2) is 81.5 Å². The number of halogens is 3. The summed E-state index contributed by atoms with van der Waals surface area (Å²) in [5.74, 6) is 0. The second kappa shape index (κ2) is 53.0. The fraction of sp³-hybridized carbons (Fsp3) is 0.771. The summed E-state index contributed by atoms with van der Waals surface area (Å²) in [6.07, 6.45) is 22.3. The predicted octanol–water partition coefficient (Wildman–Crippen LogP) is 18.6. The molecule has 3 rings (SSSR count). The molecule has 87 heavy (non-hydrogen) atoms. The third kappa shape index (κ3) is 45.7. The van der Waals surface area contributed by atoms with Gasteiger partial charge in [-0.25, -0.2) is 0 Å². The summed E-state index contributed by atoms with van der Waals surface area (Å²) in [5, 5.41) is 1.49. The number of anilines is 1. The van der Waals surface area contributed by atoms with E-state index in [0.717, 1.165) is 48.5 Å². The Morgan fingerprint density at radius 3 is 1.29 bits per heavy atom. The van der Waals surface area contributed by atoms with Crippen molar-refractivity contribution in [1.29, 1.82) is 0 Å². The van der Waals surface area contributed by atoms with E-state index >= 15 is 0 Å². The first-order chi connectivity index (χ1) is 40.1. The van der Waals surface area contributed by atoms with E-state index < -0.39 is 48.7 Å². The van der Waals surface area contributed by atoms with Crippen LogP contribution < -0.4 is 65.0 Å². The van der Waals surface area contributed by atoms with E-state index in [2.05, 4.69) is 228 Å². The van der Waals surface area contributed by atoms with Gasteiger partial charge in [-0.2, -0.15) is 0 Å². The summed E-state index contributed by atoms with van der Waals surface area (Å²) in [7, 11) is -4.68. The highest BCUT2D eigenvalue weighted by Gasteiger charge is 2.41. The molecule has 0 fully saturated rings. The Balaban J connectivity index is -0.000000489. The first-order valence-electron chi connectivity index (χ1n) is 34.6. The molecule has 0 aliphatic carbocycles. The normalized spacial score (nSPS) is 12.3. The molecule has 0 aliphatic rings. The van der Waals surface area contributed by atoms with Gasteiger partial charge in [0.1, 0.15) is 0 Å². The quantitative estimate of drug-likeness (QED) is 0.0147. The van der Waals surface area contributed by atoms with Gasteiger partial charge in [-0.15, -0.1) is 11.3 Å². The maximum atomic E-state index is 5.89. The standard InChI is InChI=1S/C21H47NSi.C15H18ClNSi.C12H29NSi.C9H16INSSi.C7H19NSi.C6H17NOSi.HI/c1-4-7-10-13-18-23(21-16-17-22,19-14-11-8-5-2)20-15-12-9-6-3;1-18(2,3)15-10-6-13(7-11-15)12-4-8-14(17-16)9-5-12;1-10(2)14(11(3)4,12(5)6)9-7-8-13;1-7-5-9(13(2,3)4)12-8(7)6-11-10;1-7(8)5-6-9(2,3)4;1-8-9(2,3)6-4-5-7;/h4-22H2,1-3H3;4-11,17H,1-3H3;10-12H,7-9,13H2,1-6H3;5,11H,6H2,1-4H3;7H,5-6,8H2,1-4H3;4-7H2,1-3H3;1H. The molecule has 0 saturated heterocycles. The van der Waals surface area contributed by atoms with Gasteiger partial charge in [0, 0.05) is 73.0 Å². The maximum Gasteiger partial charge on any atom is 0.186 e. The lowest BCUT2D eigenvalue weighted by molar-refractivity contribution is -0.367. The smallest absolute Gasteiger partial charge is 0.186 e. The Labute approximate surface area is 589 Å². The SMILES string of the molecule is CC(C)[Si](CCCN)(C(C)C)C(C)C.CC(N)CC[Si](C)(C)C.CCCCCC[Si](CCCN)(CCCCCC)CCCCCC.CO[Si](C)(C)CCC[NH3+].C[Si](C)(C)c1ccc(-c2ccc(NCl)cc2)cc1.Cc1cc([Si](C)(C)C)sc1CNI.[I-]. The average molecular weight is 1580 g/mol. The van der Waals surface area contributed by atoms with Crippen LogP contribution in [0.4, 0.5) is 5.69 Å². The zero-order chi connectivity index (χ0) is 66.6. The number of hydrogen-bond donors (Lipinski definition) is 6. The van der Waals surface area contributed by atoms with Crippen LogP contribution in [0.2, 0.25) is 131 Å². The Kier molecular flexibility index (Phi) is 57.3. The van der Waals surface area contributed by atoms with Gasteiger partial charge in [0.05, 0.1) is 38.8 Å². The van der Waals surface area contributed by atoms with Crippen LogP contribution in [0.15, 0.2) is 54.6 Å². The highest BCUT2D eigenvalue weighted by molar-refractivity contribution is 14.1. The largest absolute Gasteiger partial charge is 1.00 e. The molecule has 0 amide bonds. The Morgan fingerprint density at radius 1 is 0.575 bits per heavy atom. The van der Waals surface area contributed by atoms with Crippen LogP contribution in [0.5, 0.6) is 0 Å². The molecule has 7 nitrogen and oxygen atoms in total. The fourth-order valence-electron chi connectivity index (χ4n) is 11.6. The van der Waals surface area contributed by atoms with Crippen molar-refractivity contribution in [2.75, 3.05) is 31.6 Å². The number of nitrogens with one attached hydrogen (secondary N) is 2. The van der Waals surface area contributed by atoms with Gasteiger partial charge < -0.3 is 51.3 Å². The van der Waals surface area contributed by atoms with Crippen LogP contribution in [0.1, 0.15) is 182 Å². The second-order valence-electron chi connectivity index (χ2n) is 30.1. The molecule has 0 spiro atoms. The summed E-state index contributed by atoms with van der Waals surface area (Å²) >= 11 is 9.74. The first-order valence-corrected chi connectivity index (χ1v) is 56.0.